The first-order valence-electron chi connectivity index (χ1n) is 8.09. The summed E-state index contributed by atoms with van der Waals surface area (Å²) in [4.78, 5) is 17.1. The van der Waals surface area contributed by atoms with E-state index in [-0.39, 0.29) is 0 Å². The molecule has 26 heavy (non-hydrogen) atoms. The van der Waals surface area contributed by atoms with Crippen molar-refractivity contribution < 1.29 is 18.3 Å². The Morgan fingerprint density at radius 3 is 2.77 bits per heavy atom. The number of fused-ring (bicyclic) bond motifs is 3. The molecular weight excluding hydrogens is 362 g/mol. The minimum Gasteiger partial charge on any atom is -0.453 e. The number of benzene rings is 2. The lowest BCUT2D eigenvalue weighted by molar-refractivity contribution is 0.108. The van der Waals surface area contributed by atoms with Crippen molar-refractivity contribution in [3.8, 4) is 0 Å². The van der Waals surface area contributed by atoms with Crippen LogP contribution in [0.5, 0.6) is 0 Å². The standard InChI is InChI=1S/C19H15ClF2N2O2/c1-26-19(25)24-7-6-12-13-9-11(20)3-5-16(13)23-17(12)18(24)10-2-4-14(21)15(22)8-10/h2-5,8-9,18,23H,6-7H2,1H3. The largest absolute Gasteiger partial charge is 0.453 e. The van der Waals surface area contributed by atoms with E-state index < -0.39 is 23.8 Å². The summed E-state index contributed by atoms with van der Waals surface area (Å²) in [7, 11) is 1.30. The Morgan fingerprint density at radius 2 is 2.04 bits per heavy atom. The fourth-order valence-electron chi connectivity index (χ4n) is 3.60. The number of carbonyl (C=O) groups is 1. The average Bonchev–Trinajstić information content (AvgIpc) is 3.00. The number of halogens is 3. The first-order chi connectivity index (χ1) is 12.5. The lowest BCUT2D eigenvalue weighted by Gasteiger charge is -2.35. The number of carbonyl (C=O) groups excluding carboxylic acids is 1. The molecule has 1 aliphatic rings. The molecule has 1 amide bonds. The van der Waals surface area contributed by atoms with E-state index in [2.05, 4.69) is 4.98 Å². The molecule has 0 saturated carbocycles. The van der Waals surface area contributed by atoms with Gasteiger partial charge in [0, 0.05) is 28.2 Å². The third-order valence-electron chi connectivity index (χ3n) is 4.76. The number of rotatable bonds is 1. The summed E-state index contributed by atoms with van der Waals surface area (Å²) in [6, 6.07) is 8.55. The zero-order chi connectivity index (χ0) is 18.4. The van der Waals surface area contributed by atoms with Crippen molar-refractivity contribution in [2.75, 3.05) is 13.7 Å². The molecule has 0 fully saturated rings. The molecule has 0 spiro atoms. The molecule has 1 atom stereocenters. The van der Waals surface area contributed by atoms with Crippen molar-refractivity contribution in [3.63, 3.8) is 0 Å². The molecule has 4 nitrogen and oxygen atoms in total. The zero-order valence-electron chi connectivity index (χ0n) is 13.9. The Morgan fingerprint density at radius 1 is 1.23 bits per heavy atom. The van der Waals surface area contributed by atoms with Gasteiger partial charge in [-0.15, -0.1) is 0 Å². The van der Waals surface area contributed by atoms with Crippen LogP contribution in [-0.4, -0.2) is 29.6 Å². The minimum atomic E-state index is -0.960. The Balaban J connectivity index is 1.93. The van der Waals surface area contributed by atoms with E-state index >= 15 is 0 Å². The van der Waals surface area contributed by atoms with Gasteiger partial charge in [0.15, 0.2) is 11.6 Å². The molecule has 1 aromatic heterocycles. The first-order valence-corrected chi connectivity index (χ1v) is 8.47. The van der Waals surface area contributed by atoms with Gasteiger partial charge in [-0.3, -0.25) is 4.90 Å². The Bertz CT molecular complexity index is 1020. The van der Waals surface area contributed by atoms with Crippen LogP contribution in [0, 0.1) is 11.6 Å². The van der Waals surface area contributed by atoms with Crippen molar-refractivity contribution in [2.24, 2.45) is 0 Å². The molecule has 3 aromatic rings. The van der Waals surface area contributed by atoms with Crippen molar-refractivity contribution >= 4 is 28.6 Å². The number of methoxy groups -OCH3 is 1. The number of H-pyrrole nitrogens is 1. The van der Waals surface area contributed by atoms with Gasteiger partial charge in [0.2, 0.25) is 0 Å². The van der Waals surface area contributed by atoms with E-state index in [1.165, 1.54) is 18.1 Å². The predicted octanol–water partition coefficient (Wildman–Crippen LogP) is 4.81. The third kappa shape index (κ3) is 2.61. The van der Waals surface area contributed by atoms with Crippen LogP contribution in [0.25, 0.3) is 10.9 Å². The van der Waals surface area contributed by atoms with E-state index in [0.29, 0.717) is 23.6 Å². The van der Waals surface area contributed by atoms with Crippen LogP contribution in [0.15, 0.2) is 36.4 Å². The first kappa shape index (κ1) is 16.8. The monoisotopic (exact) mass is 376 g/mol. The maximum absolute atomic E-state index is 13.8. The van der Waals surface area contributed by atoms with Gasteiger partial charge in [0.1, 0.15) is 6.04 Å². The summed E-state index contributed by atoms with van der Waals surface area (Å²) >= 11 is 6.12. The van der Waals surface area contributed by atoms with E-state index in [9.17, 15) is 13.6 Å². The summed E-state index contributed by atoms with van der Waals surface area (Å²) in [6.07, 6.45) is 0.0763. The number of hydrogen-bond donors (Lipinski definition) is 1. The Labute approximate surface area is 153 Å². The van der Waals surface area contributed by atoms with Gasteiger partial charge in [-0.25, -0.2) is 13.6 Å². The van der Waals surface area contributed by atoms with Crippen LogP contribution in [0.4, 0.5) is 13.6 Å². The molecule has 2 heterocycles. The summed E-state index contributed by atoms with van der Waals surface area (Å²) < 4.78 is 32.1. The van der Waals surface area contributed by atoms with Crippen LogP contribution in [0.2, 0.25) is 5.02 Å². The molecule has 0 bridgehead atoms. The lowest BCUT2D eigenvalue weighted by Crippen LogP contribution is -2.40. The molecular formula is C19H15ClF2N2O2. The maximum Gasteiger partial charge on any atom is 0.410 e. The maximum atomic E-state index is 13.8. The topological polar surface area (TPSA) is 45.3 Å². The zero-order valence-corrected chi connectivity index (χ0v) is 14.6. The van der Waals surface area contributed by atoms with E-state index in [1.54, 1.807) is 6.07 Å². The van der Waals surface area contributed by atoms with Crippen molar-refractivity contribution in [1.82, 2.24) is 9.88 Å². The molecule has 0 radical (unpaired) electrons. The Hall–Kier alpha value is -2.60. The predicted molar refractivity (Wildman–Crippen MR) is 94.3 cm³/mol. The number of ether oxygens (including phenoxy) is 1. The van der Waals surface area contributed by atoms with Gasteiger partial charge in [0.25, 0.3) is 0 Å². The smallest absolute Gasteiger partial charge is 0.410 e. The molecule has 134 valence electrons. The number of nitrogens with zero attached hydrogens (tertiary/aromatic N) is 1. The lowest BCUT2D eigenvalue weighted by atomic mass is 9.92. The number of aromatic nitrogens is 1. The van der Waals surface area contributed by atoms with Gasteiger partial charge in [-0.1, -0.05) is 17.7 Å². The molecule has 7 heteroatoms. The third-order valence-corrected chi connectivity index (χ3v) is 4.99. The average molecular weight is 377 g/mol. The minimum absolute atomic E-state index is 0.392. The van der Waals surface area contributed by atoms with Crippen LogP contribution < -0.4 is 0 Å². The fraction of sp³-hybridized carbons (Fsp3) is 0.211. The Kier molecular flexibility index (Phi) is 4.07. The van der Waals surface area contributed by atoms with Crippen LogP contribution in [-0.2, 0) is 11.2 Å². The van der Waals surface area contributed by atoms with E-state index in [4.69, 9.17) is 16.3 Å². The fourth-order valence-corrected chi connectivity index (χ4v) is 3.78. The van der Waals surface area contributed by atoms with E-state index in [0.717, 1.165) is 34.3 Å². The van der Waals surface area contributed by atoms with E-state index in [1.807, 2.05) is 12.1 Å². The highest BCUT2D eigenvalue weighted by Crippen LogP contribution is 2.39. The number of nitrogens with one attached hydrogen (secondary N) is 1. The molecule has 1 unspecified atom stereocenters. The second-order valence-corrected chi connectivity index (χ2v) is 6.63. The summed E-state index contributed by atoms with van der Waals surface area (Å²) in [5.74, 6) is -1.89. The van der Waals surface area contributed by atoms with Crippen molar-refractivity contribution in [2.45, 2.75) is 12.5 Å². The highest BCUT2D eigenvalue weighted by molar-refractivity contribution is 6.31. The van der Waals surface area contributed by atoms with Crippen molar-refractivity contribution in [3.05, 3.63) is 69.9 Å². The molecule has 0 saturated heterocycles. The second-order valence-electron chi connectivity index (χ2n) is 6.20. The molecule has 1 N–H and O–H groups in total. The highest BCUT2D eigenvalue weighted by atomic mass is 35.5. The number of amides is 1. The van der Waals surface area contributed by atoms with Gasteiger partial charge in [-0.2, -0.15) is 0 Å². The quantitative estimate of drug-likeness (QED) is 0.662. The number of hydrogen-bond acceptors (Lipinski definition) is 2. The van der Waals surface area contributed by atoms with Crippen LogP contribution in [0.3, 0.4) is 0 Å². The van der Waals surface area contributed by atoms with Gasteiger partial charge < -0.3 is 9.72 Å². The van der Waals surface area contributed by atoms with Gasteiger partial charge in [-0.05, 0) is 47.9 Å². The van der Waals surface area contributed by atoms with Crippen LogP contribution >= 0.6 is 11.6 Å². The molecule has 0 aliphatic carbocycles. The van der Waals surface area contributed by atoms with Gasteiger partial charge in [0.05, 0.1) is 7.11 Å². The molecule has 2 aromatic carbocycles. The normalized spacial score (nSPS) is 16.6. The highest BCUT2D eigenvalue weighted by Gasteiger charge is 2.35. The SMILES string of the molecule is COC(=O)N1CCc2c([nH]c3ccc(Cl)cc23)C1c1ccc(F)c(F)c1. The van der Waals surface area contributed by atoms with Crippen LogP contribution in [0.1, 0.15) is 22.9 Å². The second kappa shape index (κ2) is 6.29. The summed E-state index contributed by atoms with van der Waals surface area (Å²) in [5.41, 5.74) is 3.11. The summed E-state index contributed by atoms with van der Waals surface area (Å²) in [6.45, 7) is 0.392. The molecule has 1 aliphatic heterocycles. The summed E-state index contributed by atoms with van der Waals surface area (Å²) in [5, 5.41) is 1.57. The van der Waals surface area contributed by atoms with Gasteiger partial charge >= 0.3 is 6.09 Å². The number of aromatic amines is 1. The molecule has 4 rings (SSSR count). The van der Waals surface area contributed by atoms with Crippen molar-refractivity contribution in [1.29, 1.82) is 0 Å².